The van der Waals surface area contributed by atoms with Crippen LogP contribution in [0.15, 0.2) is 28.8 Å². The minimum Gasteiger partial charge on any atom is -0.425 e. The van der Waals surface area contributed by atoms with Crippen molar-refractivity contribution in [1.82, 2.24) is 30.6 Å². The van der Waals surface area contributed by atoms with Gasteiger partial charge in [0.1, 0.15) is 11.6 Å². The van der Waals surface area contributed by atoms with Crippen LogP contribution in [0.25, 0.3) is 5.69 Å². The Morgan fingerprint density at radius 2 is 1.67 bits per heavy atom. The number of carbonyl (C=O) groups is 2. The third-order valence-corrected chi connectivity index (χ3v) is 6.45. The molecule has 1 fully saturated rings. The van der Waals surface area contributed by atoms with Crippen molar-refractivity contribution >= 4 is 11.8 Å². The number of hydrogen-bond donors (Lipinski definition) is 2. The Kier molecular flexibility index (Phi) is 8.31. The van der Waals surface area contributed by atoms with Crippen molar-refractivity contribution in [2.24, 2.45) is 5.92 Å². The molecule has 2 heterocycles. The molecule has 0 radical (unpaired) electrons. The van der Waals surface area contributed by atoms with E-state index in [1.807, 2.05) is 13.8 Å². The lowest BCUT2D eigenvalue weighted by atomic mass is 9.81. The maximum Gasteiger partial charge on any atom is 0.435 e. The van der Waals surface area contributed by atoms with E-state index in [1.165, 1.54) is 0 Å². The summed E-state index contributed by atoms with van der Waals surface area (Å²) in [5, 5.41) is 16.5. The number of rotatable bonds is 8. The molecular weight excluding hydrogens is 527 g/mol. The summed E-state index contributed by atoms with van der Waals surface area (Å²) in [6.07, 6.45) is -1.62. The fraction of sp³-hybridized carbons (Fsp3) is 0.480. The first-order chi connectivity index (χ1) is 18.4. The van der Waals surface area contributed by atoms with Gasteiger partial charge in [-0.15, -0.1) is 10.2 Å². The molecule has 9 nitrogen and oxygen atoms in total. The number of amides is 2. The molecule has 1 aliphatic carbocycles. The molecule has 0 unspecified atom stereocenters. The van der Waals surface area contributed by atoms with Gasteiger partial charge in [-0.2, -0.15) is 18.3 Å². The number of carbonyl (C=O) groups excluding carboxylic acids is 2. The second kappa shape index (κ2) is 11.5. The Labute approximate surface area is 220 Å². The standard InChI is InChI=1S/C25H27F5N6O3/c1-13(2)23-33-34-24(39-23)15-5-3-14(4-6-15)21(37)31-7-8-32-22(38)19-12-36(35-20(19)25(28,29)30)18-10-16(26)9-17(27)11-18/h9-15H,3-8H2,1-2H3,(H,31,37)(H,32,38)/t14-,15-. The van der Waals surface area contributed by atoms with Gasteiger partial charge in [0, 0.05) is 43.1 Å². The van der Waals surface area contributed by atoms with Gasteiger partial charge in [0.25, 0.3) is 5.91 Å². The summed E-state index contributed by atoms with van der Waals surface area (Å²) < 4.78 is 73.8. The van der Waals surface area contributed by atoms with Crippen LogP contribution in [0.2, 0.25) is 0 Å². The Balaban J connectivity index is 1.29. The number of nitrogens with one attached hydrogen (secondary N) is 2. The average Bonchev–Trinajstić information content (AvgIpc) is 3.54. The highest BCUT2D eigenvalue weighted by atomic mass is 19.4. The Morgan fingerprint density at radius 3 is 2.26 bits per heavy atom. The monoisotopic (exact) mass is 554 g/mol. The Bertz CT molecular complexity index is 1310. The van der Waals surface area contributed by atoms with Gasteiger partial charge in [-0.1, -0.05) is 13.8 Å². The molecule has 1 saturated carbocycles. The van der Waals surface area contributed by atoms with Crippen LogP contribution in [-0.4, -0.2) is 44.9 Å². The van der Waals surface area contributed by atoms with Crippen molar-refractivity contribution in [3.8, 4) is 5.69 Å². The summed E-state index contributed by atoms with van der Waals surface area (Å²) >= 11 is 0. The summed E-state index contributed by atoms with van der Waals surface area (Å²) in [5.41, 5.74) is -2.65. The predicted octanol–water partition coefficient (Wildman–Crippen LogP) is 4.50. The first-order valence-electron chi connectivity index (χ1n) is 12.4. The maximum atomic E-state index is 13.5. The third-order valence-electron chi connectivity index (χ3n) is 6.45. The lowest BCUT2D eigenvalue weighted by Gasteiger charge is -2.25. The van der Waals surface area contributed by atoms with Crippen LogP contribution in [0.4, 0.5) is 22.0 Å². The van der Waals surface area contributed by atoms with Gasteiger partial charge >= 0.3 is 6.18 Å². The largest absolute Gasteiger partial charge is 0.435 e. The van der Waals surface area contributed by atoms with Crippen LogP contribution < -0.4 is 10.6 Å². The SMILES string of the molecule is CC(C)c1nnc([C@H]2CC[C@H](C(=O)NCCNC(=O)c3cn(-c4cc(F)cc(F)c4)nc3C(F)(F)F)CC2)o1. The fourth-order valence-electron chi connectivity index (χ4n) is 4.40. The second-order valence-corrected chi connectivity index (χ2v) is 9.69. The van der Waals surface area contributed by atoms with Gasteiger partial charge < -0.3 is 15.1 Å². The van der Waals surface area contributed by atoms with Crippen LogP contribution >= 0.6 is 0 Å². The molecule has 0 aliphatic heterocycles. The summed E-state index contributed by atoms with van der Waals surface area (Å²) in [7, 11) is 0. The molecule has 2 amide bonds. The van der Waals surface area contributed by atoms with Crippen molar-refractivity contribution < 1.29 is 36.0 Å². The number of alkyl halides is 3. The maximum absolute atomic E-state index is 13.5. The molecule has 14 heteroatoms. The molecule has 1 aliphatic rings. The second-order valence-electron chi connectivity index (χ2n) is 9.69. The number of aromatic nitrogens is 4. The predicted molar refractivity (Wildman–Crippen MR) is 127 cm³/mol. The van der Waals surface area contributed by atoms with E-state index >= 15 is 0 Å². The molecule has 2 N–H and O–H groups in total. The number of benzene rings is 1. The molecule has 0 bridgehead atoms. The minimum atomic E-state index is -4.99. The lowest BCUT2D eigenvalue weighted by Crippen LogP contribution is -2.38. The Hall–Kier alpha value is -3.84. The molecule has 39 heavy (non-hydrogen) atoms. The van der Waals surface area contributed by atoms with E-state index in [2.05, 4.69) is 25.9 Å². The normalized spacial score (nSPS) is 17.8. The van der Waals surface area contributed by atoms with Crippen LogP contribution in [0, 0.1) is 17.6 Å². The molecule has 3 aromatic rings. The molecule has 1 aromatic carbocycles. The van der Waals surface area contributed by atoms with Gasteiger partial charge in [0.05, 0.1) is 11.3 Å². The molecule has 2 aromatic heterocycles. The van der Waals surface area contributed by atoms with E-state index in [0.717, 1.165) is 18.3 Å². The van der Waals surface area contributed by atoms with Gasteiger partial charge in [0.15, 0.2) is 5.69 Å². The van der Waals surface area contributed by atoms with Crippen LogP contribution in [-0.2, 0) is 11.0 Å². The van der Waals surface area contributed by atoms with Gasteiger partial charge in [-0.05, 0) is 37.8 Å². The van der Waals surface area contributed by atoms with E-state index in [4.69, 9.17) is 4.42 Å². The lowest BCUT2D eigenvalue weighted by molar-refractivity contribution is -0.141. The van der Waals surface area contributed by atoms with Crippen LogP contribution in [0.1, 0.15) is 79.2 Å². The van der Waals surface area contributed by atoms with Gasteiger partial charge in [-0.3, -0.25) is 9.59 Å². The van der Waals surface area contributed by atoms with E-state index in [1.54, 1.807) is 0 Å². The zero-order valence-corrected chi connectivity index (χ0v) is 21.2. The summed E-state index contributed by atoms with van der Waals surface area (Å²) in [5.74, 6) is -2.23. The smallest absolute Gasteiger partial charge is 0.425 e. The molecule has 210 valence electrons. The first kappa shape index (κ1) is 28.2. The summed E-state index contributed by atoms with van der Waals surface area (Å²) in [6, 6.07) is 2.12. The highest BCUT2D eigenvalue weighted by molar-refractivity contribution is 5.95. The van der Waals surface area contributed by atoms with E-state index in [0.29, 0.717) is 48.2 Å². The number of hydrogen-bond acceptors (Lipinski definition) is 6. The zero-order valence-electron chi connectivity index (χ0n) is 21.2. The highest BCUT2D eigenvalue weighted by Crippen LogP contribution is 2.36. The molecule has 0 spiro atoms. The average molecular weight is 555 g/mol. The molecule has 0 saturated heterocycles. The van der Waals surface area contributed by atoms with Crippen molar-refractivity contribution in [2.75, 3.05) is 13.1 Å². The number of halogens is 5. The van der Waals surface area contributed by atoms with Crippen molar-refractivity contribution in [3.63, 3.8) is 0 Å². The molecule has 4 rings (SSSR count). The van der Waals surface area contributed by atoms with E-state index in [9.17, 15) is 31.5 Å². The van der Waals surface area contributed by atoms with Gasteiger partial charge in [0.2, 0.25) is 17.7 Å². The van der Waals surface area contributed by atoms with Crippen LogP contribution in [0.3, 0.4) is 0 Å². The Morgan fingerprint density at radius 1 is 1.03 bits per heavy atom. The topological polar surface area (TPSA) is 115 Å². The highest BCUT2D eigenvalue weighted by Gasteiger charge is 2.39. The van der Waals surface area contributed by atoms with E-state index < -0.39 is 35.0 Å². The van der Waals surface area contributed by atoms with Crippen molar-refractivity contribution in [2.45, 2.75) is 57.5 Å². The third kappa shape index (κ3) is 6.79. The van der Waals surface area contributed by atoms with Gasteiger partial charge in [-0.25, -0.2) is 13.5 Å². The zero-order chi connectivity index (χ0) is 28.3. The number of nitrogens with zero attached hydrogens (tertiary/aromatic N) is 4. The van der Waals surface area contributed by atoms with Crippen molar-refractivity contribution in [3.05, 3.63) is 59.1 Å². The van der Waals surface area contributed by atoms with E-state index in [-0.39, 0.29) is 42.4 Å². The van der Waals surface area contributed by atoms with Crippen LogP contribution in [0.5, 0.6) is 0 Å². The summed E-state index contributed by atoms with van der Waals surface area (Å²) in [6.45, 7) is 3.77. The quantitative estimate of drug-likeness (QED) is 0.313. The first-order valence-corrected chi connectivity index (χ1v) is 12.4. The fourth-order valence-corrected chi connectivity index (χ4v) is 4.40. The minimum absolute atomic E-state index is 0.00347. The molecular formula is C25H27F5N6O3. The summed E-state index contributed by atoms with van der Waals surface area (Å²) in [4.78, 5) is 25.1. The van der Waals surface area contributed by atoms with Crippen molar-refractivity contribution in [1.29, 1.82) is 0 Å². The molecule has 0 atom stereocenters.